The first kappa shape index (κ1) is 15.9. The van der Waals surface area contributed by atoms with Crippen LogP contribution in [-0.4, -0.2) is 45.0 Å². The minimum atomic E-state index is -0.0938. The number of thiazole rings is 1. The van der Waals surface area contributed by atoms with E-state index >= 15 is 0 Å². The second-order valence-corrected chi connectivity index (χ2v) is 6.24. The summed E-state index contributed by atoms with van der Waals surface area (Å²) in [5.74, 6) is -0.0938. The number of hydrogen-bond donors (Lipinski definition) is 1. The summed E-state index contributed by atoms with van der Waals surface area (Å²) in [6.45, 7) is 3.49. The van der Waals surface area contributed by atoms with Crippen molar-refractivity contribution < 1.29 is 4.79 Å². The molecule has 1 amide bonds. The molecule has 0 aliphatic heterocycles. The Kier molecular flexibility index (Phi) is 4.61. The molecule has 0 aliphatic rings. The summed E-state index contributed by atoms with van der Waals surface area (Å²) in [5, 5.41) is 7.23. The highest BCUT2D eigenvalue weighted by Crippen LogP contribution is 2.27. The van der Waals surface area contributed by atoms with Crippen molar-refractivity contribution in [1.82, 2.24) is 19.5 Å². The highest BCUT2D eigenvalue weighted by molar-refractivity contribution is 7.12. The number of carbonyl (C=O) groups excluding carboxylic acids is 1. The first-order valence-corrected chi connectivity index (χ1v) is 8.48. The third-order valence-corrected chi connectivity index (χ3v) is 4.58. The van der Waals surface area contributed by atoms with E-state index in [0.29, 0.717) is 29.7 Å². The molecule has 3 aromatic heterocycles. The molecular formula is C15H16ClN5OS. The van der Waals surface area contributed by atoms with Crippen molar-refractivity contribution in [2.24, 2.45) is 5.73 Å². The molecule has 0 saturated carbocycles. The lowest BCUT2D eigenvalue weighted by Gasteiger charge is -2.18. The molecule has 3 aromatic rings. The van der Waals surface area contributed by atoms with Crippen molar-refractivity contribution in [2.45, 2.75) is 6.92 Å². The summed E-state index contributed by atoms with van der Waals surface area (Å²) in [5.41, 5.74) is 7.98. The minimum absolute atomic E-state index is 0.0938. The Labute approximate surface area is 142 Å². The Morgan fingerprint density at radius 3 is 3.09 bits per heavy atom. The van der Waals surface area contributed by atoms with E-state index in [0.717, 1.165) is 16.8 Å². The molecule has 8 heteroatoms. The van der Waals surface area contributed by atoms with E-state index < -0.39 is 0 Å². The van der Waals surface area contributed by atoms with E-state index in [2.05, 4.69) is 10.1 Å². The zero-order valence-corrected chi connectivity index (χ0v) is 14.1. The smallest absolute Gasteiger partial charge is 0.282 e. The number of fused-ring (bicyclic) bond motifs is 1. The molecule has 23 heavy (non-hydrogen) atoms. The average molecular weight is 350 g/mol. The van der Waals surface area contributed by atoms with Gasteiger partial charge in [-0.15, -0.1) is 11.3 Å². The lowest BCUT2D eigenvalue weighted by molar-refractivity contribution is 0.0768. The normalized spacial score (nSPS) is 11.1. The molecular weight excluding hydrogens is 334 g/mol. The van der Waals surface area contributed by atoms with Crippen LogP contribution in [0.2, 0.25) is 5.02 Å². The van der Waals surface area contributed by atoms with E-state index in [-0.39, 0.29) is 5.91 Å². The van der Waals surface area contributed by atoms with Gasteiger partial charge in [0.25, 0.3) is 5.91 Å². The molecule has 2 N–H and O–H groups in total. The molecule has 3 heterocycles. The van der Waals surface area contributed by atoms with Gasteiger partial charge in [0.05, 0.1) is 17.4 Å². The van der Waals surface area contributed by atoms with Crippen LogP contribution in [0.25, 0.3) is 16.8 Å². The van der Waals surface area contributed by atoms with E-state index in [4.69, 9.17) is 17.3 Å². The van der Waals surface area contributed by atoms with E-state index in [1.165, 1.54) is 11.3 Å². The van der Waals surface area contributed by atoms with E-state index in [1.54, 1.807) is 27.9 Å². The fourth-order valence-electron chi connectivity index (χ4n) is 2.34. The zero-order chi connectivity index (χ0) is 16.4. The fraction of sp³-hybridized carbons (Fsp3) is 0.267. The molecule has 0 spiro atoms. The minimum Gasteiger partial charge on any atom is -0.336 e. The predicted octanol–water partition coefficient (Wildman–Crippen LogP) is 2.53. The van der Waals surface area contributed by atoms with Gasteiger partial charge in [0, 0.05) is 41.8 Å². The SMILES string of the molecule is CCN(CCN)C(=O)c1nc(-c2cnn3ccc(Cl)cc23)cs1. The van der Waals surface area contributed by atoms with Gasteiger partial charge in [0.15, 0.2) is 5.01 Å². The Morgan fingerprint density at radius 2 is 2.35 bits per heavy atom. The molecule has 0 aromatic carbocycles. The van der Waals surface area contributed by atoms with Gasteiger partial charge in [-0.1, -0.05) is 11.6 Å². The largest absolute Gasteiger partial charge is 0.336 e. The molecule has 0 radical (unpaired) electrons. The number of aromatic nitrogens is 3. The molecule has 0 saturated heterocycles. The van der Waals surface area contributed by atoms with Crippen LogP contribution < -0.4 is 5.73 Å². The van der Waals surface area contributed by atoms with Crippen molar-refractivity contribution in [3.8, 4) is 11.3 Å². The summed E-state index contributed by atoms with van der Waals surface area (Å²) in [7, 11) is 0. The topological polar surface area (TPSA) is 76.5 Å². The number of halogens is 1. The molecule has 0 unspecified atom stereocenters. The molecule has 0 fully saturated rings. The van der Waals surface area contributed by atoms with Gasteiger partial charge >= 0.3 is 0 Å². The molecule has 3 rings (SSSR count). The summed E-state index contributed by atoms with van der Waals surface area (Å²) in [4.78, 5) is 18.6. The third kappa shape index (κ3) is 3.08. The van der Waals surface area contributed by atoms with Gasteiger partial charge in [-0.25, -0.2) is 9.50 Å². The van der Waals surface area contributed by atoms with Crippen molar-refractivity contribution >= 4 is 34.4 Å². The van der Waals surface area contributed by atoms with Gasteiger partial charge in [-0.05, 0) is 19.1 Å². The lowest BCUT2D eigenvalue weighted by Crippen LogP contribution is -2.35. The maximum absolute atomic E-state index is 12.4. The Morgan fingerprint density at radius 1 is 1.52 bits per heavy atom. The quantitative estimate of drug-likeness (QED) is 0.768. The number of likely N-dealkylation sites (N-methyl/N-ethyl adjacent to an activating group) is 1. The number of amides is 1. The summed E-state index contributed by atoms with van der Waals surface area (Å²) in [6, 6.07) is 3.60. The van der Waals surface area contributed by atoms with Gasteiger partial charge in [-0.3, -0.25) is 4.79 Å². The molecule has 0 bridgehead atoms. The van der Waals surface area contributed by atoms with Crippen molar-refractivity contribution in [1.29, 1.82) is 0 Å². The van der Waals surface area contributed by atoms with Gasteiger partial charge in [0.1, 0.15) is 0 Å². The number of rotatable bonds is 5. The third-order valence-electron chi connectivity index (χ3n) is 3.51. The Bertz CT molecular complexity index is 843. The Balaban J connectivity index is 1.94. The van der Waals surface area contributed by atoms with Crippen LogP contribution >= 0.6 is 22.9 Å². The van der Waals surface area contributed by atoms with Gasteiger partial charge in [-0.2, -0.15) is 5.10 Å². The fourth-order valence-corrected chi connectivity index (χ4v) is 3.29. The first-order chi connectivity index (χ1) is 11.1. The van der Waals surface area contributed by atoms with Crippen LogP contribution in [0.1, 0.15) is 16.7 Å². The van der Waals surface area contributed by atoms with Crippen LogP contribution in [-0.2, 0) is 0 Å². The lowest BCUT2D eigenvalue weighted by atomic mass is 10.2. The number of carbonyl (C=O) groups is 1. The second-order valence-electron chi connectivity index (χ2n) is 4.94. The van der Waals surface area contributed by atoms with Gasteiger partial charge in [0.2, 0.25) is 0 Å². The first-order valence-electron chi connectivity index (χ1n) is 7.22. The molecule has 0 aliphatic carbocycles. The van der Waals surface area contributed by atoms with Crippen LogP contribution in [0.5, 0.6) is 0 Å². The number of nitrogens with two attached hydrogens (primary N) is 1. The van der Waals surface area contributed by atoms with Crippen molar-refractivity contribution in [3.63, 3.8) is 0 Å². The van der Waals surface area contributed by atoms with E-state index in [9.17, 15) is 4.79 Å². The highest BCUT2D eigenvalue weighted by atomic mass is 35.5. The summed E-state index contributed by atoms with van der Waals surface area (Å²) < 4.78 is 1.73. The average Bonchev–Trinajstić information content (AvgIpc) is 3.18. The predicted molar refractivity (Wildman–Crippen MR) is 91.9 cm³/mol. The summed E-state index contributed by atoms with van der Waals surface area (Å²) in [6.07, 6.45) is 3.52. The van der Waals surface area contributed by atoms with Crippen LogP contribution in [0.4, 0.5) is 0 Å². The molecule has 6 nitrogen and oxygen atoms in total. The highest BCUT2D eigenvalue weighted by Gasteiger charge is 2.19. The standard InChI is InChI=1S/C15H16ClN5OS/c1-2-20(6-4-17)15(22)14-19-12(9-23-14)11-8-18-21-5-3-10(16)7-13(11)21/h3,5,7-9H,2,4,6,17H2,1H3. The second kappa shape index (κ2) is 6.66. The van der Waals surface area contributed by atoms with Gasteiger partial charge < -0.3 is 10.6 Å². The van der Waals surface area contributed by atoms with Crippen LogP contribution in [0.3, 0.4) is 0 Å². The molecule has 0 atom stereocenters. The van der Waals surface area contributed by atoms with Crippen LogP contribution in [0, 0.1) is 0 Å². The maximum Gasteiger partial charge on any atom is 0.282 e. The number of pyridine rings is 1. The van der Waals surface area contributed by atoms with E-state index in [1.807, 2.05) is 18.4 Å². The van der Waals surface area contributed by atoms with Crippen molar-refractivity contribution in [3.05, 3.63) is 39.9 Å². The summed E-state index contributed by atoms with van der Waals surface area (Å²) >= 11 is 7.38. The zero-order valence-electron chi connectivity index (χ0n) is 12.6. The Hall–Kier alpha value is -1.96. The van der Waals surface area contributed by atoms with Crippen LogP contribution in [0.15, 0.2) is 29.9 Å². The number of hydrogen-bond acceptors (Lipinski definition) is 5. The number of nitrogens with zero attached hydrogens (tertiary/aromatic N) is 4. The monoisotopic (exact) mass is 349 g/mol. The molecule has 120 valence electrons. The van der Waals surface area contributed by atoms with Crippen molar-refractivity contribution in [2.75, 3.05) is 19.6 Å². The maximum atomic E-state index is 12.4.